The minimum absolute atomic E-state index is 0.0648. The lowest BCUT2D eigenvalue weighted by molar-refractivity contribution is 0.0713. The first-order chi connectivity index (χ1) is 17.0. The van der Waals surface area contributed by atoms with Crippen LogP contribution in [-0.2, 0) is 17.3 Å². The van der Waals surface area contributed by atoms with Gasteiger partial charge in [0.15, 0.2) is 5.76 Å². The zero-order chi connectivity index (χ0) is 25.7. The van der Waals surface area contributed by atoms with Crippen molar-refractivity contribution >= 4 is 11.6 Å². The molecule has 0 N–H and O–H groups in total. The van der Waals surface area contributed by atoms with Gasteiger partial charge in [-0.2, -0.15) is 0 Å². The number of piperazine rings is 1. The standard InChI is InChI=1S/C31H37FN2O2/c1-21-18-26-27(31(4,5)13-12-30(26,2)3)20-22(21)19-25-10-11-28(36-25)29(35)34-16-14-33(15-17-34)24-8-6-23(32)7-9-24/h6-11,18,20H,12-17,19H2,1-5H3. The number of benzene rings is 2. The second-order valence-corrected chi connectivity index (χ2v) is 11.8. The van der Waals surface area contributed by atoms with Gasteiger partial charge in [-0.05, 0) is 89.2 Å². The molecule has 1 saturated heterocycles. The Labute approximate surface area is 214 Å². The first-order valence-electron chi connectivity index (χ1n) is 13.1. The molecule has 1 aliphatic carbocycles. The molecule has 1 aromatic heterocycles. The number of carbonyl (C=O) groups excluding carboxylic acids is 1. The highest BCUT2D eigenvalue weighted by Crippen LogP contribution is 2.46. The van der Waals surface area contributed by atoms with Crippen LogP contribution >= 0.6 is 0 Å². The summed E-state index contributed by atoms with van der Waals surface area (Å²) in [6, 6.07) is 15.0. The van der Waals surface area contributed by atoms with E-state index < -0.39 is 0 Å². The van der Waals surface area contributed by atoms with E-state index in [0.717, 1.165) is 11.4 Å². The van der Waals surface area contributed by atoms with Crippen LogP contribution in [-0.4, -0.2) is 37.0 Å². The Bertz CT molecular complexity index is 1260. The molecular weight excluding hydrogens is 451 g/mol. The summed E-state index contributed by atoms with van der Waals surface area (Å²) in [5.74, 6) is 0.918. The Morgan fingerprint density at radius 2 is 1.50 bits per heavy atom. The molecule has 2 aliphatic rings. The number of rotatable bonds is 4. The Balaban J connectivity index is 1.28. The molecule has 0 spiro atoms. The predicted octanol–water partition coefficient (Wildman–Crippen LogP) is 6.63. The van der Waals surface area contributed by atoms with Crippen LogP contribution in [0.2, 0.25) is 0 Å². The van der Waals surface area contributed by atoms with E-state index in [9.17, 15) is 9.18 Å². The lowest BCUT2D eigenvalue weighted by atomic mass is 9.62. The van der Waals surface area contributed by atoms with E-state index in [-0.39, 0.29) is 22.6 Å². The molecule has 0 saturated carbocycles. The zero-order valence-electron chi connectivity index (χ0n) is 22.2. The number of fused-ring (bicyclic) bond motifs is 1. The van der Waals surface area contributed by atoms with Crippen LogP contribution in [0.15, 0.2) is 52.9 Å². The molecule has 2 heterocycles. The number of hydrogen-bond acceptors (Lipinski definition) is 3. The van der Waals surface area contributed by atoms with Crippen LogP contribution in [0.25, 0.3) is 0 Å². The van der Waals surface area contributed by atoms with Crippen molar-refractivity contribution in [3.05, 3.63) is 88.1 Å². The summed E-state index contributed by atoms with van der Waals surface area (Å²) < 4.78 is 19.3. The Morgan fingerprint density at radius 3 is 2.14 bits per heavy atom. The van der Waals surface area contributed by atoms with Crippen molar-refractivity contribution < 1.29 is 13.6 Å². The number of aryl methyl sites for hydroxylation is 1. The summed E-state index contributed by atoms with van der Waals surface area (Å²) in [5, 5.41) is 0. The van der Waals surface area contributed by atoms with Crippen molar-refractivity contribution in [2.75, 3.05) is 31.1 Å². The summed E-state index contributed by atoms with van der Waals surface area (Å²) in [5.41, 5.74) is 6.79. The Morgan fingerprint density at radius 1 is 0.889 bits per heavy atom. The van der Waals surface area contributed by atoms with Gasteiger partial charge in [-0.25, -0.2) is 4.39 Å². The normalized spacial score (nSPS) is 18.7. The second kappa shape index (κ2) is 9.10. The minimum atomic E-state index is -0.237. The van der Waals surface area contributed by atoms with Gasteiger partial charge < -0.3 is 14.2 Å². The van der Waals surface area contributed by atoms with Crippen LogP contribution in [0.3, 0.4) is 0 Å². The summed E-state index contributed by atoms with van der Waals surface area (Å²) in [7, 11) is 0. The third-order valence-corrected chi connectivity index (χ3v) is 8.31. The number of carbonyl (C=O) groups is 1. The predicted molar refractivity (Wildman–Crippen MR) is 142 cm³/mol. The van der Waals surface area contributed by atoms with Gasteiger partial charge >= 0.3 is 0 Å². The van der Waals surface area contributed by atoms with Crippen molar-refractivity contribution in [1.29, 1.82) is 0 Å². The third-order valence-electron chi connectivity index (χ3n) is 8.31. The molecule has 36 heavy (non-hydrogen) atoms. The summed E-state index contributed by atoms with van der Waals surface area (Å²) >= 11 is 0. The van der Waals surface area contributed by atoms with E-state index in [1.54, 1.807) is 12.1 Å². The number of hydrogen-bond donors (Lipinski definition) is 0. The van der Waals surface area contributed by atoms with Gasteiger partial charge in [0.25, 0.3) is 5.91 Å². The molecule has 5 heteroatoms. The fourth-order valence-electron chi connectivity index (χ4n) is 5.71. The highest BCUT2D eigenvalue weighted by Gasteiger charge is 2.37. The lowest BCUT2D eigenvalue weighted by Crippen LogP contribution is -2.48. The highest BCUT2D eigenvalue weighted by atomic mass is 19.1. The average molecular weight is 489 g/mol. The average Bonchev–Trinajstić information content (AvgIpc) is 3.32. The van der Waals surface area contributed by atoms with Crippen molar-refractivity contribution in [2.45, 2.75) is 64.7 Å². The van der Waals surface area contributed by atoms with Crippen LogP contribution in [0.4, 0.5) is 10.1 Å². The minimum Gasteiger partial charge on any atom is -0.456 e. The van der Waals surface area contributed by atoms with Crippen molar-refractivity contribution in [3.63, 3.8) is 0 Å². The van der Waals surface area contributed by atoms with Gasteiger partial charge in [0, 0.05) is 38.3 Å². The Kier molecular flexibility index (Phi) is 6.22. The SMILES string of the molecule is Cc1cc2c(cc1Cc1ccc(C(=O)N3CCN(c4ccc(F)cc4)CC3)o1)C(C)(C)CCC2(C)C. The number of halogens is 1. The first-order valence-corrected chi connectivity index (χ1v) is 13.1. The summed E-state index contributed by atoms with van der Waals surface area (Å²) in [4.78, 5) is 17.2. The van der Waals surface area contributed by atoms with Crippen LogP contribution in [0.5, 0.6) is 0 Å². The molecule has 3 aromatic rings. The molecule has 0 radical (unpaired) electrons. The molecular formula is C31H37FN2O2. The van der Waals surface area contributed by atoms with Crippen molar-refractivity contribution in [3.8, 4) is 0 Å². The second-order valence-electron chi connectivity index (χ2n) is 11.8. The first kappa shape index (κ1) is 24.6. The largest absolute Gasteiger partial charge is 0.456 e. The maximum atomic E-state index is 13.2. The molecule has 2 aromatic carbocycles. The molecule has 1 aliphatic heterocycles. The van der Waals surface area contributed by atoms with E-state index in [1.807, 2.05) is 17.0 Å². The number of amides is 1. The van der Waals surface area contributed by atoms with E-state index >= 15 is 0 Å². The molecule has 0 bridgehead atoms. The monoisotopic (exact) mass is 488 g/mol. The van der Waals surface area contributed by atoms with E-state index in [2.05, 4.69) is 51.7 Å². The molecule has 0 atom stereocenters. The lowest BCUT2D eigenvalue weighted by Gasteiger charge is -2.42. The quantitative estimate of drug-likeness (QED) is 0.414. The van der Waals surface area contributed by atoms with Gasteiger partial charge in [0.1, 0.15) is 11.6 Å². The molecule has 4 nitrogen and oxygen atoms in total. The van der Waals surface area contributed by atoms with Gasteiger partial charge in [-0.15, -0.1) is 0 Å². The van der Waals surface area contributed by atoms with Crippen LogP contribution in [0, 0.1) is 12.7 Å². The molecule has 1 amide bonds. The number of nitrogens with zero attached hydrogens (tertiary/aromatic N) is 2. The molecule has 1 fully saturated rings. The molecule has 0 unspecified atom stereocenters. The highest BCUT2D eigenvalue weighted by molar-refractivity contribution is 5.91. The maximum absolute atomic E-state index is 13.2. The number of anilines is 1. The van der Waals surface area contributed by atoms with Gasteiger partial charge in [0.2, 0.25) is 0 Å². The van der Waals surface area contributed by atoms with E-state index in [1.165, 1.54) is 47.2 Å². The van der Waals surface area contributed by atoms with Gasteiger partial charge in [-0.3, -0.25) is 4.79 Å². The van der Waals surface area contributed by atoms with Gasteiger partial charge in [-0.1, -0.05) is 39.8 Å². The third kappa shape index (κ3) is 4.68. The summed E-state index contributed by atoms with van der Waals surface area (Å²) in [6.07, 6.45) is 3.07. The Hall–Kier alpha value is -3.08. The smallest absolute Gasteiger partial charge is 0.289 e. The number of furan rings is 1. The molecule has 5 rings (SSSR count). The van der Waals surface area contributed by atoms with E-state index in [4.69, 9.17) is 4.42 Å². The van der Waals surface area contributed by atoms with Gasteiger partial charge in [0.05, 0.1) is 0 Å². The molecule has 190 valence electrons. The zero-order valence-corrected chi connectivity index (χ0v) is 22.2. The maximum Gasteiger partial charge on any atom is 0.289 e. The van der Waals surface area contributed by atoms with Crippen LogP contribution in [0.1, 0.15) is 79.1 Å². The van der Waals surface area contributed by atoms with Crippen molar-refractivity contribution in [1.82, 2.24) is 4.90 Å². The van der Waals surface area contributed by atoms with E-state index in [0.29, 0.717) is 38.4 Å². The fourth-order valence-corrected chi connectivity index (χ4v) is 5.71. The van der Waals surface area contributed by atoms with Crippen LogP contribution < -0.4 is 4.90 Å². The van der Waals surface area contributed by atoms with Crippen molar-refractivity contribution in [2.24, 2.45) is 0 Å². The summed E-state index contributed by atoms with van der Waals surface area (Å²) in [6.45, 7) is 14.2. The topological polar surface area (TPSA) is 36.7 Å². The fraction of sp³-hybridized carbons (Fsp3) is 0.452.